The maximum atomic E-state index is 11.4. The van der Waals surface area contributed by atoms with E-state index in [9.17, 15) is 4.79 Å². The van der Waals surface area contributed by atoms with Crippen LogP contribution in [0, 0.1) is 0 Å². The summed E-state index contributed by atoms with van der Waals surface area (Å²) in [5.41, 5.74) is 5.34. The smallest absolute Gasteiger partial charge is 0.392 e. The summed E-state index contributed by atoms with van der Waals surface area (Å²) < 4.78 is 1.61. The minimum atomic E-state index is 0. The van der Waals surface area contributed by atoms with Gasteiger partial charge in [0.25, 0.3) is 0 Å². The van der Waals surface area contributed by atoms with E-state index in [2.05, 4.69) is 0 Å². The highest BCUT2D eigenvalue weighted by Gasteiger charge is 2.11. The number of aromatic nitrogens is 1. The van der Waals surface area contributed by atoms with Gasteiger partial charge in [-0.3, -0.25) is 0 Å². The second-order valence-corrected chi connectivity index (χ2v) is 2.92. The van der Waals surface area contributed by atoms with Crippen molar-refractivity contribution in [2.45, 2.75) is 19.3 Å². The van der Waals surface area contributed by atoms with Crippen molar-refractivity contribution in [3.63, 3.8) is 0 Å². The van der Waals surface area contributed by atoms with Gasteiger partial charge in [-0.05, 0) is 19.4 Å². The Morgan fingerprint density at radius 1 is 1.13 bits per heavy atom. The van der Waals surface area contributed by atoms with Crippen LogP contribution >= 0.6 is 12.4 Å². The zero-order valence-corrected chi connectivity index (χ0v) is 10.0. The van der Waals surface area contributed by atoms with Crippen LogP contribution in [0.3, 0.4) is 0 Å². The molecule has 1 heterocycles. The van der Waals surface area contributed by atoms with Crippen molar-refractivity contribution in [3.8, 4) is 0 Å². The number of nitrogens with two attached hydrogens (primary N) is 1. The number of hydrogen-bond acceptors (Lipinski definition) is 2. The summed E-state index contributed by atoms with van der Waals surface area (Å²) in [6.45, 7) is 0.659. The molecule has 0 aromatic carbocycles. The van der Waals surface area contributed by atoms with Crippen LogP contribution < -0.4 is 22.7 Å². The summed E-state index contributed by atoms with van der Waals surface area (Å²) in [5, 5.41) is 0. The quantitative estimate of drug-likeness (QED) is 0.505. The fourth-order valence-electron chi connectivity index (χ4n) is 1.11. The summed E-state index contributed by atoms with van der Waals surface area (Å²) in [4.78, 5) is 11.4. The van der Waals surface area contributed by atoms with Gasteiger partial charge in [0.1, 0.15) is 0 Å². The molecular formula is C10H16Cl2N2O. The lowest BCUT2D eigenvalue weighted by Crippen LogP contribution is -3.00. The molecule has 0 unspecified atom stereocenters. The van der Waals surface area contributed by atoms with Gasteiger partial charge in [-0.2, -0.15) is 0 Å². The normalized spacial score (nSPS) is 8.60. The van der Waals surface area contributed by atoms with Crippen molar-refractivity contribution in [2.24, 2.45) is 5.73 Å². The first-order valence-corrected chi connectivity index (χ1v) is 4.54. The summed E-state index contributed by atoms with van der Waals surface area (Å²) in [7, 11) is 0. The molecule has 0 atom stereocenters. The van der Waals surface area contributed by atoms with Crippen LogP contribution in [-0.2, 0) is 0 Å². The highest BCUT2D eigenvalue weighted by molar-refractivity contribution is 5.85. The molecule has 1 aromatic heterocycles. The predicted octanol–water partition coefficient (Wildman–Crippen LogP) is -1.83. The summed E-state index contributed by atoms with van der Waals surface area (Å²) in [6.07, 6.45) is 5.90. The van der Waals surface area contributed by atoms with Crippen molar-refractivity contribution >= 4 is 18.3 Å². The Morgan fingerprint density at radius 2 is 1.73 bits per heavy atom. The molecule has 5 heteroatoms. The molecule has 0 saturated heterocycles. The summed E-state index contributed by atoms with van der Waals surface area (Å²) in [5.74, 6) is 0.133. The van der Waals surface area contributed by atoms with Crippen LogP contribution in [0.2, 0.25) is 0 Å². The highest BCUT2D eigenvalue weighted by atomic mass is 35.5. The van der Waals surface area contributed by atoms with E-state index in [1.165, 1.54) is 0 Å². The van der Waals surface area contributed by atoms with Gasteiger partial charge in [-0.15, -0.1) is 17.0 Å². The molecule has 15 heavy (non-hydrogen) atoms. The van der Waals surface area contributed by atoms with Crippen molar-refractivity contribution in [2.75, 3.05) is 6.54 Å². The van der Waals surface area contributed by atoms with Crippen molar-refractivity contribution < 1.29 is 21.8 Å². The molecule has 1 aromatic rings. The van der Waals surface area contributed by atoms with Gasteiger partial charge in [0.2, 0.25) is 0 Å². The van der Waals surface area contributed by atoms with Crippen molar-refractivity contribution in [1.29, 1.82) is 0 Å². The lowest BCUT2D eigenvalue weighted by molar-refractivity contribution is -0.574. The third-order valence-corrected chi connectivity index (χ3v) is 1.85. The predicted molar refractivity (Wildman–Crippen MR) is 57.4 cm³/mol. The Bertz CT molecular complexity index is 267. The summed E-state index contributed by atoms with van der Waals surface area (Å²) in [6, 6.07) is 5.59. The lowest BCUT2D eigenvalue weighted by atomic mass is 10.2. The van der Waals surface area contributed by atoms with E-state index >= 15 is 0 Å². The summed E-state index contributed by atoms with van der Waals surface area (Å²) >= 11 is 0. The fraction of sp³-hybridized carbons (Fsp3) is 0.400. The van der Waals surface area contributed by atoms with Crippen LogP contribution in [-0.4, -0.2) is 12.5 Å². The molecule has 2 N–H and O–H groups in total. The molecule has 0 aliphatic rings. The standard InChI is InChI=1S/C10H15N2O.2ClH/c11-7-3-2-6-10(13)12-8-4-1-5-9-12;;/h1,4-5,8-9H,2-3,6-7,11H2;2*1H/q+1;;/p-1. The molecule has 0 amide bonds. The Balaban J connectivity index is 0. The van der Waals surface area contributed by atoms with E-state index in [4.69, 9.17) is 5.73 Å². The van der Waals surface area contributed by atoms with E-state index < -0.39 is 0 Å². The number of carbonyl (C=O) groups excluding carboxylic acids is 1. The van der Waals surface area contributed by atoms with Crippen molar-refractivity contribution in [1.82, 2.24) is 0 Å². The first-order chi connectivity index (χ1) is 6.34. The maximum Gasteiger partial charge on any atom is 0.392 e. The van der Waals surface area contributed by atoms with Crippen LogP contribution in [0.15, 0.2) is 30.6 Å². The Hall–Kier alpha value is -0.640. The largest absolute Gasteiger partial charge is 1.00 e. The van der Waals surface area contributed by atoms with Gasteiger partial charge in [0, 0.05) is 12.1 Å². The van der Waals surface area contributed by atoms with Gasteiger partial charge in [-0.25, -0.2) is 4.79 Å². The first kappa shape index (κ1) is 16.8. The molecule has 0 saturated carbocycles. The number of halogens is 2. The van der Waals surface area contributed by atoms with Crippen LogP contribution in [0.1, 0.15) is 24.1 Å². The minimum Gasteiger partial charge on any atom is -1.00 e. The van der Waals surface area contributed by atoms with Gasteiger partial charge < -0.3 is 18.1 Å². The number of nitrogens with zero attached hydrogens (tertiary/aromatic N) is 1. The average Bonchev–Trinajstić information content (AvgIpc) is 2.19. The second kappa shape index (κ2) is 9.90. The molecular weight excluding hydrogens is 235 g/mol. The SMILES string of the molecule is Cl.NCCCCC(=O)[n+]1ccccc1.[Cl-]. The minimum absolute atomic E-state index is 0. The third-order valence-electron chi connectivity index (χ3n) is 1.85. The van der Waals surface area contributed by atoms with Gasteiger partial charge in [0.05, 0.1) is 6.42 Å². The lowest BCUT2D eigenvalue weighted by Gasteiger charge is -1.93. The topological polar surface area (TPSA) is 47.0 Å². The van der Waals surface area contributed by atoms with Crippen molar-refractivity contribution in [3.05, 3.63) is 30.6 Å². The molecule has 86 valence electrons. The van der Waals surface area contributed by atoms with E-state index in [0.717, 1.165) is 12.8 Å². The molecule has 3 nitrogen and oxygen atoms in total. The zero-order chi connectivity index (χ0) is 9.52. The number of hydrogen-bond donors (Lipinski definition) is 1. The van der Waals surface area contributed by atoms with E-state index in [1.807, 2.05) is 18.2 Å². The second-order valence-electron chi connectivity index (χ2n) is 2.92. The number of pyridine rings is 1. The number of rotatable bonds is 4. The van der Waals surface area contributed by atoms with Gasteiger partial charge in [-0.1, -0.05) is 6.07 Å². The molecule has 0 aliphatic carbocycles. The maximum absolute atomic E-state index is 11.4. The van der Waals surface area contributed by atoms with Gasteiger partial charge >= 0.3 is 5.91 Å². The fourth-order valence-corrected chi connectivity index (χ4v) is 1.11. The monoisotopic (exact) mass is 250 g/mol. The molecule has 0 fully saturated rings. The average molecular weight is 251 g/mol. The van der Waals surface area contributed by atoms with Crippen LogP contribution in [0.25, 0.3) is 0 Å². The van der Waals surface area contributed by atoms with E-state index in [0.29, 0.717) is 13.0 Å². The van der Waals surface area contributed by atoms with Crippen LogP contribution in [0.4, 0.5) is 0 Å². The molecule has 0 spiro atoms. The molecule has 0 bridgehead atoms. The number of unbranched alkanes of at least 4 members (excludes halogenated alkanes) is 1. The van der Waals surface area contributed by atoms with E-state index in [1.54, 1.807) is 17.0 Å². The van der Waals surface area contributed by atoms with Gasteiger partial charge in [0.15, 0.2) is 12.4 Å². The Kier molecular flexibility index (Phi) is 11.1. The molecule has 1 rings (SSSR count). The molecule has 0 aliphatic heterocycles. The zero-order valence-electron chi connectivity index (χ0n) is 8.43. The molecule has 0 radical (unpaired) electrons. The van der Waals surface area contributed by atoms with Crippen LogP contribution in [0.5, 0.6) is 0 Å². The number of carbonyl (C=O) groups is 1. The van der Waals surface area contributed by atoms with E-state index in [-0.39, 0.29) is 30.7 Å². The Morgan fingerprint density at radius 3 is 2.27 bits per heavy atom. The first-order valence-electron chi connectivity index (χ1n) is 4.54. The Labute approximate surface area is 102 Å². The highest BCUT2D eigenvalue weighted by Crippen LogP contribution is 1.93. The third kappa shape index (κ3) is 6.44.